The summed E-state index contributed by atoms with van der Waals surface area (Å²) in [6.07, 6.45) is 0. The molecule has 8 rings (SSSR count). The molecule has 0 bridgehead atoms. The number of rotatable bonds is 5. The van der Waals surface area contributed by atoms with E-state index in [1.165, 1.54) is 0 Å². The number of anilines is 5. The van der Waals surface area contributed by atoms with Gasteiger partial charge in [-0.1, -0.05) is 66.7 Å². The van der Waals surface area contributed by atoms with Crippen molar-refractivity contribution in [3.63, 3.8) is 0 Å². The molecule has 1 N–H and O–H groups in total. The Morgan fingerprint density at radius 2 is 0.925 bits per heavy atom. The summed E-state index contributed by atoms with van der Waals surface area (Å²) < 4.78 is 12.6. The van der Waals surface area contributed by atoms with Crippen LogP contribution in [0, 0.1) is 0 Å². The summed E-state index contributed by atoms with van der Waals surface area (Å²) in [5, 5.41) is 7.99. The van der Waals surface area contributed by atoms with E-state index >= 15 is 0 Å². The molecule has 0 radical (unpaired) electrons. The van der Waals surface area contributed by atoms with Crippen molar-refractivity contribution in [2.24, 2.45) is 0 Å². The Bertz CT molecular complexity index is 2100. The van der Waals surface area contributed by atoms with Gasteiger partial charge in [0, 0.05) is 33.9 Å². The molecule has 2 aromatic heterocycles. The third kappa shape index (κ3) is 3.62. The number of benzene rings is 6. The van der Waals surface area contributed by atoms with E-state index in [-0.39, 0.29) is 0 Å². The highest BCUT2D eigenvalue weighted by atomic mass is 16.3. The van der Waals surface area contributed by atoms with Crippen LogP contribution in [-0.4, -0.2) is 0 Å². The van der Waals surface area contributed by atoms with E-state index in [4.69, 9.17) is 8.83 Å². The predicted octanol–water partition coefficient (Wildman–Crippen LogP) is 10.7. The van der Waals surface area contributed by atoms with Crippen LogP contribution in [-0.2, 0) is 0 Å². The van der Waals surface area contributed by atoms with Crippen molar-refractivity contribution in [1.82, 2.24) is 0 Å². The van der Waals surface area contributed by atoms with Gasteiger partial charge in [-0.15, -0.1) is 0 Å². The van der Waals surface area contributed by atoms with Crippen molar-refractivity contribution in [2.45, 2.75) is 0 Å². The second-order valence-electron chi connectivity index (χ2n) is 9.87. The Balaban J connectivity index is 1.27. The second kappa shape index (κ2) is 9.07. The minimum absolute atomic E-state index is 0.839. The summed E-state index contributed by atoms with van der Waals surface area (Å²) in [4.78, 5) is 2.25. The van der Waals surface area contributed by atoms with Crippen LogP contribution < -0.4 is 10.2 Å². The van der Waals surface area contributed by atoms with Gasteiger partial charge >= 0.3 is 0 Å². The number of furan rings is 2. The fourth-order valence-corrected chi connectivity index (χ4v) is 5.68. The standard InChI is InChI=1S/C36H24N2O2/c1-3-11-24(12-4-1)38(25-13-5-2-6-14-25)26-21-22-28-34(23-26)40-33-20-10-17-30(36(28)33)37-29-16-9-19-32-35(29)27-15-7-8-18-31(27)39-32/h1-23,37H. The Labute approximate surface area is 230 Å². The van der Waals surface area contributed by atoms with Gasteiger partial charge in [0.1, 0.15) is 22.3 Å². The molecule has 190 valence electrons. The molecule has 0 saturated carbocycles. The van der Waals surface area contributed by atoms with Crippen LogP contribution in [0.5, 0.6) is 0 Å². The molecule has 40 heavy (non-hydrogen) atoms. The first-order valence-electron chi connectivity index (χ1n) is 13.4. The lowest BCUT2D eigenvalue weighted by molar-refractivity contribution is 0.669. The Morgan fingerprint density at radius 3 is 1.57 bits per heavy atom. The van der Waals surface area contributed by atoms with Crippen molar-refractivity contribution in [1.29, 1.82) is 0 Å². The lowest BCUT2D eigenvalue weighted by Gasteiger charge is -2.25. The highest BCUT2D eigenvalue weighted by Gasteiger charge is 2.17. The van der Waals surface area contributed by atoms with Crippen LogP contribution in [0.4, 0.5) is 28.4 Å². The average Bonchev–Trinajstić information content (AvgIpc) is 3.57. The van der Waals surface area contributed by atoms with Crippen molar-refractivity contribution < 1.29 is 8.83 Å². The summed E-state index contributed by atoms with van der Waals surface area (Å²) in [6.45, 7) is 0. The van der Waals surface area contributed by atoms with E-state index in [9.17, 15) is 0 Å². The largest absolute Gasteiger partial charge is 0.456 e. The summed E-state index contributed by atoms with van der Waals surface area (Å²) in [5.41, 5.74) is 8.63. The molecule has 2 heterocycles. The van der Waals surface area contributed by atoms with E-state index in [0.717, 1.165) is 72.3 Å². The molecule has 0 spiro atoms. The number of hydrogen-bond acceptors (Lipinski definition) is 4. The molecular weight excluding hydrogens is 492 g/mol. The molecule has 0 unspecified atom stereocenters. The Morgan fingerprint density at radius 1 is 0.400 bits per heavy atom. The fraction of sp³-hybridized carbons (Fsp3) is 0. The fourth-order valence-electron chi connectivity index (χ4n) is 5.68. The lowest BCUT2D eigenvalue weighted by atomic mass is 10.1. The molecule has 0 aliphatic heterocycles. The van der Waals surface area contributed by atoms with E-state index in [2.05, 4.69) is 95.1 Å². The van der Waals surface area contributed by atoms with Crippen LogP contribution in [0.1, 0.15) is 0 Å². The molecule has 0 aliphatic carbocycles. The quantitative estimate of drug-likeness (QED) is 0.247. The highest BCUT2D eigenvalue weighted by Crippen LogP contribution is 2.42. The van der Waals surface area contributed by atoms with E-state index in [1.54, 1.807) is 0 Å². The second-order valence-corrected chi connectivity index (χ2v) is 9.87. The Hall–Kier alpha value is -5.48. The topological polar surface area (TPSA) is 41.6 Å². The third-order valence-electron chi connectivity index (χ3n) is 7.44. The molecule has 0 fully saturated rings. The van der Waals surface area contributed by atoms with Gasteiger partial charge in [0.25, 0.3) is 0 Å². The number of nitrogens with one attached hydrogen (secondary N) is 1. The minimum Gasteiger partial charge on any atom is -0.456 e. The number of hydrogen-bond donors (Lipinski definition) is 1. The van der Waals surface area contributed by atoms with Crippen LogP contribution in [0.3, 0.4) is 0 Å². The number of para-hydroxylation sites is 3. The molecule has 4 nitrogen and oxygen atoms in total. The molecular formula is C36H24N2O2. The summed E-state index contributed by atoms with van der Waals surface area (Å²) in [5.74, 6) is 0. The summed E-state index contributed by atoms with van der Waals surface area (Å²) in [6, 6.07) is 47.7. The smallest absolute Gasteiger partial charge is 0.137 e. The van der Waals surface area contributed by atoms with Gasteiger partial charge in [-0.25, -0.2) is 0 Å². The van der Waals surface area contributed by atoms with Crippen LogP contribution in [0.2, 0.25) is 0 Å². The monoisotopic (exact) mass is 516 g/mol. The van der Waals surface area contributed by atoms with Gasteiger partial charge < -0.3 is 19.1 Å². The van der Waals surface area contributed by atoms with Gasteiger partial charge in [-0.3, -0.25) is 0 Å². The van der Waals surface area contributed by atoms with Crippen LogP contribution in [0.25, 0.3) is 43.9 Å². The zero-order valence-corrected chi connectivity index (χ0v) is 21.5. The van der Waals surface area contributed by atoms with Gasteiger partial charge in [0.15, 0.2) is 0 Å². The highest BCUT2D eigenvalue weighted by molar-refractivity contribution is 6.16. The van der Waals surface area contributed by atoms with Crippen LogP contribution >= 0.6 is 0 Å². The zero-order chi connectivity index (χ0) is 26.5. The van der Waals surface area contributed by atoms with Crippen molar-refractivity contribution in [2.75, 3.05) is 10.2 Å². The minimum atomic E-state index is 0.839. The zero-order valence-electron chi connectivity index (χ0n) is 21.5. The molecule has 0 saturated heterocycles. The predicted molar refractivity (Wildman–Crippen MR) is 165 cm³/mol. The summed E-state index contributed by atoms with van der Waals surface area (Å²) >= 11 is 0. The molecule has 8 aromatic rings. The van der Waals surface area contributed by atoms with Crippen molar-refractivity contribution >= 4 is 72.3 Å². The lowest BCUT2D eigenvalue weighted by Crippen LogP contribution is -2.09. The van der Waals surface area contributed by atoms with E-state index in [1.807, 2.05) is 54.6 Å². The molecule has 0 aliphatic rings. The van der Waals surface area contributed by atoms with Gasteiger partial charge in [0.05, 0.1) is 22.1 Å². The molecule has 4 heteroatoms. The van der Waals surface area contributed by atoms with Crippen molar-refractivity contribution in [3.8, 4) is 0 Å². The first kappa shape index (κ1) is 22.5. The average molecular weight is 517 g/mol. The molecule has 0 atom stereocenters. The van der Waals surface area contributed by atoms with Gasteiger partial charge in [-0.2, -0.15) is 0 Å². The Kier molecular flexibility index (Phi) is 5.10. The SMILES string of the molecule is c1ccc(N(c2ccccc2)c2ccc3c(c2)oc2cccc(Nc4cccc5oc6ccccc6c45)c23)cc1. The number of fused-ring (bicyclic) bond motifs is 6. The van der Waals surface area contributed by atoms with E-state index < -0.39 is 0 Å². The normalized spacial score (nSPS) is 11.5. The maximum Gasteiger partial charge on any atom is 0.137 e. The van der Waals surface area contributed by atoms with Crippen LogP contribution in [0.15, 0.2) is 148 Å². The van der Waals surface area contributed by atoms with Gasteiger partial charge in [0.2, 0.25) is 0 Å². The summed E-state index contributed by atoms with van der Waals surface area (Å²) in [7, 11) is 0. The maximum absolute atomic E-state index is 6.45. The van der Waals surface area contributed by atoms with Crippen molar-refractivity contribution in [3.05, 3.63) is 140 Å². The van der Waals surface area contributed by atoms with Gasteiger partial charge in [-0.05, 0) is 66.7 Å². The van der Waals surface area contributed by atoms with E-state index in [0.29, 0.717) is 0 Å². The number of nitrogens with zero attached hydrogens (tertiary/aromatic N) is 1. The third-order valence-corrected chi connectivity index (χ3v) is 7.44. The first-order valence-corrected chi connectivity index (χ1v) is 13.4. The first-order chi connectivity index (χ1) is 19.8. The maximum atomic E-state index is 6.45. The molecule has 0 amide bonds. The molecule has 6 aromatic carbocycles.